The van der Waals surface area contributed by atoms with Gasteiger partial charge in [0.1, 0.15) is 0 Å². The normalized spacial score (nSPS) is 12.9. The maximum absolute atomic E-state index is 6.03. The molecule has 0 aliphatic carbocycles. The largest absolute Gasteiger partial charge is 0.380 e. The highest BCUT2D eigenvalue weighted by molar-refractivity contribution is 6.30. The molecule has 3 heteroatoms. The summed E-state index contributed by atoms with van der Waals surface area (Å²) in [6.07, 6.45) is 2.18. The van der Waals surface area contributed by atoms with Crippen LogP contribution in [0.4, 0.5) is 0 Å². The third-order valence-corrected chi connectivity index (χ3v) is 3.37. The molecule has 1 N–H and O–H groups in total. The van der Waals surface area contributed by atoms with Crippen molar-refractivity contribution in [2.24, 2.45) is 5.92 Å². The quantitative estimate of drug-likeness (QED) is 0.676. The number of hydrogen-bond acceptors (Lipinski definition) is 2. The highest BCUT2D eigenvalue weighted by Gasteiger charge is 2.08. The van der Waals surface area contributed by atoms with Crippen LogP contribution in [0.15, 0.2) is 24.3 Å². The van der Waals surface area contributed by atoms with Gasteiger partial charge in [-0.2, -0.15) is 0 Å². The summed E-state index contributed by atoms with van der Waals surface area (Å²) in [4.78, 5) is 0. The van der Waals surface area contributed by atoms with Gasteiger partial charge in [-0.3, -0.25) is 0 Å². The number of hydrogen-bond donors (Lipinski definition) is 1. The molecule has 0 aliphatic rings. The van der Waals surface area contributed by atoms with Gasteiger partial charge in [-0.05, 0) is 36.5 Å². The molecule has 1 unspecified atom stereocenters. The minimum absolute atomic E-state index is 0.354. The summed E-state index contributed by atoms with van der Waals surface area (Å²) < 4.78 is 5.61. The van der Waals surface area contributed by atoms with E-state index in [1.165, 1.54) is 5.56 Å². The molecule has 1 aromatic carbocycles. The summed E-state index contributed by atoms with van der Waals surface area (Å²) >= 11 is 6.03. The predicted octanol–water partition coefficient (Wildman–Crippen LogP) is 4.44. The lowest BCUT2D eigenvalue weighted by Gasteiger charge is -2.18. The molecule has 0 saturated carbocycles. The summed E-state index contributed by atoms with van der Waals surface area (Å²) in [7, 11) is 0. The van der Waals surface area contributed by atoms with Crippen LogP contribution in [0.2, 0.25) is 5.02 Å². The first kappa shape index (κ1) is 16.5. The molecule has 1 rings (SSSR count). The van der Waals surface area contributed by atoms with Crippen molar-refractivity contribution in [1.29, 1.82) is 0 Å². The van der Waals surface area contributed by atoms with E-state index in [4.69, 9.17) is 16.3 Å². The predicted molar refractivity (Wildman–Crippen MR) is 82.8 cm³/mol. The molecular weight excluding hydrogens is 258 g/mol. The van der Waals surface area contributed by atoms with Crippen LogP contribution in [0.25, 0.3) is 0 Å². The Bertz CT molecular complexity index is 354. The first-order valence-electron chi connectivity index (χ1n) is 7.20. The van der Waals surface area contributed by atoms with Gasteiger partial charge < -0.3 is 10.1 Å². The van der Waals surface area contributed by atoms with E-state index >= 15 is 0 Å². The van der Waals surface area contributed by atoms with E-state index in [9.17, 15) is 0 Å². The summed E-state index contributed by atoms with van der Waals surface area (Å²) in [6.45, 7) is 9.11. The van der Waals surface area contributed by atoms with Gasteiger partial charge in [-0.25, -0.2) is 0 Å². The van der Waals surface area contributed by atoms with Crippen LogP contribution in [-0.2, 0) is 4.74 Å². The van der Waals surface area contributed by atoms with Crippen molar-refractivity contribution in [2.45, 2.75) is 39.7 Å². The third kappa shape index (κ3) is 6.95. The average molecular weight is 284 g/mol. The second-order valence-corrected chi connectivity index (χ2v) is 5.70. The zero-order valence-corrected chi connectivity index (χ0v) is 13.0. The fourth-order valence-electron chi connectivity index (χ4n) is 1.95. The molecule has 0 spiro atoms. The lowest BCUT2D eigenvalue weighted by atomic mass is 10.0. The highest BCUT2D eigenvalue weighted by Crippen LogP contribution is 2.19. The van der Waals surface area contributed by atoms with Crippen LogP contribution in [0.3, 0.4) is 0 Å². The van der Waals surface area contributed by atoms with Crippen molar-refractivity contribution in [3.8, 4) is 0 Å². The van der Waals surface area contributed by atoms with Gasteiger partial charge in [0.15, 0.2) is 0 Å². The summed E-state index contributed by atoms with van der Waals surface area (Å²) in [6, 6.07) is 8.41. The Morgan fingerprint density at radius 1 is 1.26 bits per heavy atom. The zero-order chi connectivity index (χ0) is 14.1. The van der Waals surface area contributed by atoms with Crippen LogP contribution < -0.4 is 5.32 Å². The molecule has 19 heavy (non-hydrogen) atoms. The van der Waals surface area contributed by atoms with E-state index in [0.717, 1.165) is 37.6 Å². The summed E-state index contributed by atoms with van der Waals surface area (Å²) in [5.41, 5.74) is 1.25. The van der Waals surface area contributed by atoms with E-state index in [2.05, 4.69) is 32.2 Å². The number of halogens is 1. The Balaban J connectivity index is 2.26. The molecule has 0 bridgehead atoms. The highest BCUT2D eigenvalue weighted by atomic mass is 35.5. The maximum atomic E-state index is 6.03. The lowest BCUT2D eigenvalue weighted by molar-refractivity contribution is 0.123. The Labute approximate surface area is 122 Å². The number of rotatable bonds is 9. The van der Waals surface area contributed by atoms with E-state index in [1.54, 1.807) is 0 Å². The average Bonchev–Trinajstić information content (AvgIpc) is 2.37. The molecule has 0 saturated heterocycles. The molecule has 108 valence electrons. The van der Waals surface area contributed by atoms with E-state index in [-0.39, 0.29) is 0 Å². The molecule has 0 heterocycles. The first-order chi connectivity index (χ1) is 9.13. The maximum Gasteiger partial charge on any atom is 0.0591 e. The molecule has 1 atom stereocenters. The van der Waals surface area contributed by atoms with Crippen LogP contribution in [-0.4, -0.2) is 19.8 Å². The van der Waals surface area contributed by atoms with Crippen molar-refractivity contribution >= 4 is 11.6 Å². The van der Waals surface area contributed by atoms with Gasteiger partial charge in [0.25, 0.3) is 0 Å². The second kappa shape index (κ2) is 9.35. The lowest BCUT2D eigenvalue weighted by Crippen LogP contribution is -2.25. The van der Waals surface area contributed by atoms with Gasteiger partial charge in [0.05, 0.1) is 6.61 Å². The van der Waals surface area contributed by atoms with Crippen molar-refractivity contribution in [1.82, 2.24) is 5.32 Å². The number of ether oxygens (including phenoxy) is 1. The molecule has 0 radical (unpaired) electrons. The Kier molecular flexibility index (Phi) is 8.11. The SMILES string of the molecule is CCC(NCCOCCC(C)C)c1cccc(Cl)c1. The van der Waals surface area contributed by atoms with Crippen LogP contribution in [0.1, 0.15) is 45.2 Å². The van der Waals surface area contributed by atoms with Crippen LogP contribution in [0.5, 0.6) is 0 Å². The fourth-order valence-corrected chi connectivity index (χ4v) is 2.15. The first-order valence-corrected chi connectivity index (χ1v) is 7.57. The van der Waals surface area contributed by atoms with Gasteiger partial charge >= 0.3 is 0 Å². The molecule has 1 aromatic rings. The molecular formula is C16H26ClNO. The van der Waals surface area contributed by atoms with E-state index in [1.807, 2.05) is 18.2 Å². The van der Waals surface area contributed by atoms with Crippen molar-refractivity contribution in [2.75, 3.05) is 19.8 Å². The summed E-state index contributed by atoms with van der Waals surface area (Å²) in [5.74, 6) is 0.711. The van der Waals surface area contributed by atoms with Gasteiger partial charge in [0.2, 0.25) is 0 Å². The Morgan fingerprint density at radius 3 is 2.68 bits per heavy atom. The summed E-state index contributed by atoms with van der Waals surface area (Å²) in [5, 5.41) is 4.31. The third-order valence-electron chi connectivity index (χ3n) is 3.14. The van der Waals surface area contributed by atoms with Crippen LogP contribution >= 0.6 is 11.6 Å². The molecule has 0 aromatic heterocycles. The van der Waals surface area contributed by atoms with Crippen molar-refractivity contribution in [3.63, 3.8) is 0 Å². The number of nitrogens with one attached hydrogen (secondary N) is 1. The zero-order valence-electron chi connectivity index (χ0n) is 12.3. The van der Waals surface area contributed by atoms with Crippen molar-refractivity contribution in [3.05, 3.63) is 34.9 Å². The monoisotopic (exact) mass is 283 g/mol. The Hall–Kier alpha value is -0.570. The van der Waals surface area contributed by atoms with E-state index < -0.39 is 0 Å². The van der Waals surface area contributed by atoms with Crippen LogP contribution in [0, 0.1) is 5.92 Å². The van der Waals surface area contributed by atoms with Gasteiger partial charge in [0, 0.05) is 24.2 Å². The molecule has 0 amide bonds. The van der Waals surface area contributed by atoms with Crippen molar-refractivity contribution < 1.29 is 4.74 Å². The minimum atomic E-state index is 0.354. The minimum Gasteiger partial charge on any atom is -0.380 e. The van der Waals surface area contributed by atoms with Gasteiger partial charge in [-0.15, -0.1) is 0 Å². The second-order valence-electron chi connectivity index (χ2n) is 5.26. The number of benzene rings is 1. The van der Waals surface area contributed by atoms with E-state index in [0.29, 0.717) is 12.0 Å². The molecule has 2 nitrogen and oxygen atoms in total. The fraction of sp³-hybridized carbons (Fsp3) is 0.625. The Morgan fingerprint density at radius 2 is 2.05 bits per heavy atom. The topological polar surface area (TPSA) is 21.3 Å². The standard InChI is InChI=1S/C16H26ClNO/c1-4-16(14-6-5-7-15(17)12-14)18-9-11-19-10-8-13(2)3/h5-7,12-13,16,18H,4,8-11H2,1-3H3. The van der Waals surface area contributed by atoms with Gasteiger partial charge in [-0.1, -0.05) is 44.5 Å². The molecule has 0 aliphatic heterocycles. The molecule has 0 fully saturated rings. The smallest absolute Gasteiger partial charge is 0.0591 e.